The Morgan fingerprint density at radius 1 is 1.00 bits per heavy atom. The number of primary amides is 1. The molecule has 3 heterocycles. The molecule has 0 aliphatic rings. The first-order valence-corrected chi connectivity index (χ1v) is 13.2. The number of pyridine rings is 3. The Morgan fingerprint density at radius 2 is 1.76 bits per heavy atom. The highest BCUT2D eigenvalue weighted by molar-refractivity contribution is 5.93. The van der Waals surface area contributed by atoms with Gasteiger partial charge >= 0.3 is 0 Å². The number of amides is 1. The maximum atomic E-state index is 13.7. The zero-order valence-corrected chi connectivity index (χ0v) is 23.2. The summed E-state index contributed by atoms with van der Waals surface area (Å²) in [7, 11) is 0. The summed E-state index contributed by atoms with van der Waals surface area (Å²) in [4.78, 5) is 34.2. The molecule has 0 aliphatic carbocycles. The number of carbonyl (C=O) groups excluding carboxylic acids is 1. The van der Waals surface area contributed by atoms with Gasteiger partial charge in [-0.2, -0.15) is 0 Å². The zero-order valence-electron chi connectivity index (χ0n) is 23.2. The van der Waals surface area contributed by atoms with Gasteiger partial charge in [0.2, 0.25) is 5.91 Å². The molecule has 1 amide bonds. The maximum absolute atomic E-state index is 13.7. The lowest BCUT2D eigenvalue weighted by Gasteiger charge is -2.18. The maximum Gasteiger partial charge on any atom is 0.266 e. The number of carbonyl (C=O) groups is 1. The standard InChI is InChI=1S/C32H30FN5O3/c1-18(30(34)39)16-26-28(6-5-14-35-26)41-27-12-11-25(20(3)21(27)4)37-31-29-22(13-15-36-31)17-19(2)38(32(29)40)24-9-7-23(33)8-10-24/h5-15,17-18H,16H2,1-4H3,(H2,34,39)(H,36,37). The topological polar surface area (TPSA) is 112 Å². The molecule has 0 saturated heterocycles. The Morgan fingerprint density at radius 3 is 2.49 bits per heavy atom. The van der Waals surface area contributed by atoms with E-state index in [1.165, 1.54) is 12.1 Å². The molecule has 1 atom stereocenters. The molecule has 0 bridgehead atoms. The van der Waals surface area contributed by atoms with Gasteiger partial charge < -0.3 is 15.8 Å². The smallest absolute Gasteiger partial charge is 0.266 e. The number of ether oxygens (including phenoxy) is 1. The van der Waals surface area contributed by atoms with Gasteiger partial charge in [0.25, 0.3) is 5.56 Å². The van der Waals surface area contributed by atoms with Gasteiger partial charge in [0.15, 0.2) is 0 Å². The molecular formula is C32H30FN5O3. The number of aryl methyl sites for hydroxylation is 1. The number of nitrogens with two attached hydrogens (primary N) is 1. The van der Waals surface area contributed by atoms with Crippen LogP contribution in [0.25, 0.3) is 16.5 Å². The van der Waals surface area contributed by atoms with E-state index in [2.05, 4.69) is 15.3 Å². The van der Waals surface area contributed by atoms with Gasteiger partial charge in [-0.3, -0.25) is 19.1 Å². The molecular weight excluding hydrogens is 521 g/mol. The second kappa shape index (κ2) is 11.2. The summed E-state index contributed by atoms with van der Waals surface area (Å²) in [6.07, 6.45) is 3.68. The molecule has 0 saturated carbocycles. The normalized spacial score (nSPS) is 11.8. The third-order valence-electron chi connectivity index (χ3n) is 7.25. The number of halogens is 1. The van der Waals surface area contributed by atoms with Crippen molar-refractivity contribution in [1.82, 2.24) is 14.5 Å². The van der Waals surface area contributed by atoms with E-state index in [1.807, 2.05) is 45.0 Å². The summed E-state index contributed by atoms with van der Waals surface area (Å²) in [5.41, 5.74) is 9.68. The predicted molar refractivity (Wildman–Crippen MR) is 158 cm³/mol. The Balaban J connectivity index is 1.50. The van der Waals surface area contributed by atoms with Crippen molar-refractivity contribution in [3.05, 3.63) is 112 Å². The highest BCUT2D eigenvalue weighted by atomic mass is 19.1. The van der Waals surface area contributed by atoms with Gasteiger partial charge in [0.05, 0.1) is 11.1 Å². The van der Waals surface area contributed by atoms with Crippen LogP contribution in [-0.4, -0.2) is 20.4 Å². The zero-order chi connectivity index (χ0) is 29.3. The van der Waals surface area contributed by atoms with E-state index in [0.717, 1.165) is 27.9 Å². The quantitative estimate of drug-likeness (QED) is 0.243. The van der Waals surface area contributed by atoms with Gasteiger partial charge in [-0.15, -0.1) is 0 Å². The van der Waals surface area contributed by atoms with Crippen molar-refractivity contribution in [2.75, 3.05) is 5.32 Å². The number of nitrogens with zero attached hydrogens (tertiary/aromatic N) is 3. The number of benzene rings is 2. The molecule has 3 aromatic heterocycles. The first-order valence-electron chi connectivity index (χ1n) is 13.2. The van der Waals surface area contributed by atoms with Crippen molar-refractivity contribution >= 4 is 28.2 Å². The summed E-state index contributed by atoms with van der Waals surface area (Å²) in [6.45, 7) is 7.50. The Kier molecular flexibility index (Phi) is 7.52. The number of rotatable bonds is 8. The molecule has 0 fully saturated rings. The van der Waals surface area contributed by atoms with Crippen LogP contribution in [0.5, 0.6) is 11.5 Å². The molecule has 0 radical (unpaired) electrons. The van der Waals surface area contributed by atoms with Crippen LogP contribution in [0.3, 0.4) is 0 Å². The van der Waals surface area contributed by atoms with Crippen molar-refractivity contribution < 1.29 is 13.9 Å². The number of hydrogen-bond donors (Lipinski definition) is 2. The minimum atomic E-state index is -0.398. The van der Waals surface area contributed by atoms with Crippen molar-refractivity contribution in [3.63, 3.8) is 0 Å². The van der Waals surface area contributed by atoms with Crippen molar-refractivity contribution in [2.45, 2.75) is 34.1 Å². The summed E-state index contributed by atoms with van der Waals surface area (Å²) in [5, 5.41) is 4.50. The van der Waals surface area contributed by atoms with Crippen LogP contribution in [-0.2, 0) is 11.2 Å². The predicted octanol–water partition coefficient (Wildman–Crippen LogP) is 6.04. The van der Waals surface area contributed by atoms with E-state index in [4.69, 9.17) is 10.5 Å². The second-order valence-corrected chi connectivity index (χ2v) is 10.1. The van der Waals surface area contributed by atoms with E-state index >= 15 is 0 Å². The molecule has 41 heavy (non-hydrogen) atoms. The molecule has 8 nitrogen and oxygen atoms in total. The fourth-order valence-corrected chi connectivity index (χ4v) is 4.74. The van der Waals surface area contributed by atoms with Crippen molar-refractivity contribution in [1.29, 1.82) is 0 Å². The number of fused-ring (bicyclic) bond motifs is 1. The molecule has 2 aromatic carbocycles. The minimum absolute atomic E-state index is 0.258. The SMILES string of the molecule is Cc1c(Nc2nccc3cc(C)n(-c4ccc(F)cc4)c(=O)c23)ccc(Oc2cccnc2CC(C)C(N)=O)c1C. The Labute approximate surface area is 236 Å². The lowest BCUT2D eigenvalue weighted by molar-refractivity contribution is -0.121. The fraction of sp³-hybridized carbons (Fsp3) is 0.188. The average Bonchev–Trinajstić information content (AvgIpc) is 2.94. The summed E-state index contributed by atoms with van der Waals surface area (Å²) in [6, 6.07) is 16.8. The van der Waals surface area contributed by atoms with Crippen molar-refractivity contribution in [3.8, 4) is 17.2 Å². The lowest BCUT2D eigenvalue weighted by atomic mass is 10.0. The highest BCUT2D eigenvalue weighted by Crippen LogP contribution is 2.34. The number of hydrogen-bond acceptors (Lipinski definition) is 6. The third kappa shape index (κ3) is 5.51. The number of nitrogens with one attached hydrogen (secondary N) is 1. The van der Waals surface area contributed by atoms with Gasteiger partial charge in [-0.25, -0.2) is 9.37 Å². The summed E-state index contributed by atoms with van der Waals surface area (Å²) in [5.74, 6) is 0.444. The van der Waals surface area contributed by atoms with E-state index in [9.17, 15) is 14.0 Å². The largest absolute Gasteiger partial charge is 0.455 e. The van der Waals surface area contributed by atoms with Crippen LogP contribution in [0.4, 0.5) is 15.9 Å². The molecule has 208 valence electrons. The first-order chi connectivity index (χ1) is 19.6. The number of aromatic nitrogens is 3. The summed E-state index contributed by atoms with van der Waals surface area (Å²) >= 11 is 0. The van der Waals surface area contributed by atoms with Crippen LogP contribution in [0, 0.1) is 32.5 Å². The molecule has 9 heteroatoms. The third-order valence-corrected chi connectivity index (χ3v) is 7.25. The van der Waals surface area contributed by atoms with Crippen LogP contribution in [0.15, 0.2) is 77.9 Å². The Bertz CT molecular complexity index is 1830. The van der Waals surface area contributed by atoms with Crippen LogP contribution in [0.2, 0.25) is 0 Å². The van der Waals surface area contributed by atoms with Crippen molar-refractivity contribution in [2.24, 2.45) is 11.7 Å². The Hall–Kier alpha value is -5.05. The van der Waals surface area contributed by atoms with Gasteiger partial charge in [-0.05, 0) is 97.9 Å². The van der Waals surface area contributed by atoms with Crippen LogP contribution < -0.4 is 21.3 Å². The van der Waals surface area contributed by atoms with E-state index < -0.39 is 5.91 Å². The molecule has 0 spiro atoms. The highest BCUT2D eigenvalue weighted by Gasteiger charge is 2.18. The molecule has 5 aromatic rings. The molecule has 1 unspecified atom stereocenters. The van der Waals surface area contributed by atoms with E-state index in [-0.39, 0.29) is 17.3 Å². The fourth-order valence-electron chi connectivity index (χ4n) is 4.74. The first kappa shape index (κ1) is 27.5. The molecule has 5 rings (SSSR count). The number of anilines is 2. The second-order valence-electron chi connectivity index (χ2n) is 10.1. The van der Waals surface area contributed by atoms with Gasteiger partial charge in [0.1, 0.15) is 23.1 Å². The van der Waals surface area contributed by atoms with Gasteiger partial charge in [-0.1, -0.05) is 6.92 Å². The average molecular weight is 552 g/mol. The molecule has 3 N–H and O–H groups in total. The van der Waals surface area contributed by atoms with Crippen LogP contribution in [0.1, 0.15) is 29.4 Å². The summed E-state index contributed by atoms with van der Waals surface area (Å²) < 4.78 is 21.3. The lowest BCUT2D eigenvalue weighted by Crippen LogP contribution is -2.22. The van der Waals surface area contributed by atoms with E-state index in [0.29, 0.717) is 40.5 Å². The van der Waals surface area contributed by atoms with E-state index in [1.54, 1.807) is 48.1 Å². The monoisotopic (exact) mass is 551 g/mol. The molecule has 0 aliphatic heterocycles. The van der Waals surface area contributed by atoms with Crippen LogP contribution >= 0.6 is 0 Å². The minimum Gasteiger partial charge on any atom is -0.455 e. The van der Waals surface area contributed by atoms with Gasteiger partial charge in [0, 0.05) is 41.8 Å².